The highest BCUT2D eigenvalue weighted by molar-refractivity contribution is 5.70. The molecule has 1 aromatic carbocycles. The molecule has 0 radical (unpaired) electrons. The van der Waals surface area contributed by atoms with E-state index in [0.717, 1.165) is 23.4 Å². The molecule has 1 aliphatic carbocycles. The Labute approximate surface area is 123 Å². The van der Waals surface area contributed by atoms with Crippen molar-refractivity contribution in [2.24, 2.45) is 0 Å². The van der Waals surface area contributed by atoms with Crippen molar-refractivity contribution >= 4 is 5.97 Å². The van der Waals surface area contributed by atoms with Gasteiger partial charge in [0.05, 0.1) is 18.4 Å². The van der Waals surface area contributed by atoms with E-state index in [2.05, 4.69) is 10.3 Å². The summed E-state index contributed by atoms with van der Waals surface area (Å²) in [5, 5.41) is 12.4. The molecule has 0 saturated heterocycles. The van der Waals surface area contributed by atoms with Crippen LogP contribution in [0, 0.1) is 0 Å². The second kappa shape index (κ2) is 6.10. The van der Waals surface area contributed by atoms with Crippen molar-refractivity contribution in [2.45, 2.75) is 38.4 Å². The third kappa shape index (κ3) is 3.92. The Morgan fingerprint density at radius 3 is 2.81 bits per heavy atom. The minimum atomic E-state index is -0.803. The van der Waals surface area contributed by atoms with Gasteiger partial charge in [0.25, 0.3) is 0 Å². The van der Waals surface area contributed by atoms with E-state index < -0.39 is 5.97 Å². The van der Waals surface area contributed by atoms with Crippen molar-refractivity contribution < 1.29 is 9.90 Å². The number of hydrogen-bond donors (Lipinski definition) is 2. The molecule has 3 rings (SSSR count). The highest BCUT2D eigenvalue weighted by atomic mass is 16.4. The number of rotatable bonds is 7. The van der Waals surface area contributed by atoms with Crippen LogP contribution in [-0.2, 0) is 24.3 Å². The van der Waals surface area contributed by atoms with Crippen LogP contribution in [0.3, 0.4) is 0 Å². The molecule has 110 valence electrons. The minimum Gasteiger partial charge on any atom is -0.481 e. The number of carbonyl (C=O) groups is 1. The van der Waals surface area contributed by atoms with Gasteiger partial charge in [-0.1, -0.05) is 24.3 Å². The first-order valence-corrected chi connectivity index (χ1v) is 7.23. The summed E-state index contributed by atoms with van der Waals surface area (Å²) >= 11 is 0. The van der Waals surface area contributed by atoms with E-state index >= 15 is 0 Å². The molecule has 1 fully saturated rings. The molecular formula is C16H19N3O2. The van der Waals surface area contributed by atoms with E-state index in [1.807, 2.05) is 41.4 Å². The Morgan fingerprint density at radius 1 is 1.33 bits per heavy atom. The highest BCUT2D eigenvalue weighted by Crippen LogP contribution is 2.19. The highest BCUT2D eigenvalue weighted by Gasteiger charge is 2.20. The maximum atomic E-state index is 10.9. The fourth-order valence-electron chi connectivity index (χ4n) is 2.36. The Kier molecular flexibility index (Phi) is 4.01. The molecule has 0 unspecified atom stereocenters. The fourth-order valence-corrected chi connectivity index (χ4v) is 2.36. The minimum absolute atomic E-state index is 0.0565. The second-order valence-electron chi connectivity index (χ2n) is 5.53. The molecule has 5 nitrogen and oxygen atoms in total. The van der Waals surface area contributed by atoms with Gasteiger partial charge in [-0.2, -0.15) is 0 Å². The van der Waals surface area contributed by atoms with E-state index in [9.17, 15) is 4.79 Å². The number of hydrogen-bond acceptors (Lipinski definition) is 3. The van der Waals surface area contributed by atoms with Gasteiger partial charge >= 0.3 is 5.97 Å². The zero-order valence-corrected chi connectivity index (χ0v) is 11.8. The normalized spacial score (nSPS) is 14.3. The second-order valence-corrected chi connectivity index (χ2v) is 5.53. The van der Waals surface area contributed by atoms with Crippen molar-refractivity contribution in [2.75, 3.05) is 0 Å². The first-order valence-electron chi connectivity index (χ1n) is 7.23. The third-order valence-corrected chi connectivity index (χ3v) is 3.65. The van der Waals surface area contributed by atoms with Crippen LogP contribution < -0.4 is 5.32 Å². The SMILES string of the molecule is O=C(O)Cc1ccccc1Cn1cnc(CNC2CC2)c1. The van der Waals surface area contributed by atoms with Gasteiger partial charge in [0.1, 0.15) is 0 Å². The van der Waals surface area contributed by atoms with E-state index in [0.29, 0.717) is 12.6 Å². The summed E-state index contributed by atoms with van der Waals surface area (Å²) in [7, 11) is 0. The molecule has 5 heteroatoms. The van der Waals surface area contributed by atoms with Gasteiger partial charge < -0.3 is 15.0 Å². The molecule has 21 heavy (non-hydrogen) atoms. The van der Waals surface area contributed by atoms with Crippen molar-refractivity contribution in [3.63, 3.8) is 0 Å². The summed E-state index contributed by atoms with van der Waals surface area (Å²) in [5.41, 5.74) is 2.91. The van der Waals surface area contributed by atoms with Gasteiger partial charge in [-0.05, 0) is 24.0 Å². The molecule has 1 aromatic heterocycles. The Bertz CT molecular complexity index is 632. The van der Waals surface area contributed by atoms with E-state index in [-0.39, 0.29) is 6.42 Å². The largest absolute Gasteiger partial charge is 0.481 e. The average Bonchev–Trinajstić information content (AvgIpc) is 3.18. The number of nitrogens with zero attached hydrogens (tertiary/aromatic N) is 2. The molecule has 1 saturated carbocycles. The van der Waals surface area contributed by atoms with Crippen LogP contribution in [0.1, 0.15) is 29.7 Å². The van der Waals surface area contributed by atoms with Crippen LogP contribution in [0.15, 0.2) is 36.8 Å². The monoisotopic (exact) mass is 285 g/mol. The predicted molar refractivity (Wildman–Crippen MR) is 79.0 cm³/mol. The van der Waals surface area contributed by atoms with E-state index in [1.54, 1.807) is 0 Å². The molecule has 0 bridgehead atoms. The van der Waals surface area contributed by atoms with Gasteiger partial charge in [-0.3, -0.25) is 4.79 Å². The molecule has 0 amide bonds. The summed E-state index contributed by atoms with van der Waals surface area (Å²) in [6, 6.07) is 8.33. The fraction of sp³-hybridized carbons (Fsp3) is 0.375. The van der Waals surface area contributed by atoms with Crippen molar-refractivity contribution in [1.29, 1.82) is 0 Å². The van der Waals surface area contributed by atoms with Gasteiger partial charge in [0.2, 0.25) is 0 Å². The number of carboxylic acid groups (broad SMARTS) is 1. The van der Waals surface area contributed by atoms with E-state index in [4.69, 9.17) is 5.11 Å². The first kappa shape index (κ1) is 13.8. The molecular weight excluding hydrogens is 266 g/mol. The van der Waals surface area contributed by atoms with Crippen LogP contribution in [0.25, 0.3) is 0 Å². The maximum Gasteiger partial charge on any atom is 0.307 e. The van der Waals surface area contributed by atoms with Gasteiger partial charge in [-0.25, -0.2) is 4.98 Å². The lowest BCUT2D eigenvalue weighted by molar-refractivity contribution is -0.136. The number of carboxylic acids is 1. The predicted octanol–water partition coefficient (Wildman–Crippen LogP) is 1.81. The van der Waals surface area contributed by atoms with Crippen LogP contribution >= 0.6 is 0 Å². The number of nitrogens with one attached hydrogen (secondary N) is 1. The number of imidazole rings is 1. The zero-order chi connectivity index (χ0) is 14.7. The summed E-state index contributed by atoms with van der Waals surface area (Å²) in [4.78, 5) is 15.3. The smallest absolute Gasteiger partial charge is 0.307 e. The van der Waals surface area contributed by atoms with Crippen LogP contribution in [-0.4, -0.2) is 26.7 Å². The lowest BCUT2D eigenvalue weighted by Crippen LogP contribution is -2.15. The topological polar surface area (TPSA) is 67.1 Å². The lowest BCUT2D eigenvalue weighted by Gasteiger charge is -2.08. The van der Waals surface area contributed by atoms with Crippen molar-refractivity contribution in [3.8, 4) is 0 Å². The Balaban J connectivity index is 1.66. The van der Waals surface area contributed by atoms with Gasteiger partial charge in [0, 0.05) is 25.3 Å². The summed E-state index contributed by atoms with van der Waals surface area (Å²) in [6.45, 7) is 1.45. The molecule has 0 atom stereocenters. The summed E-state index contributed by atoms with van der Waals surface area (Å²) in [5.74, 6) is -0.803. The number of aliphatic carboxylic acids is 1. The van der Waals surface area contributed by atoms with Gasteiger partial charge in [0.15, 0.2) is 0 Å². The third-order valence-electron chi connectivity index (χ3n) is 3.65. The lowest BCUT2D eigenvalue weighted by atomic mass is 10.0. The van der Waals surface area contributed by atoms with E-state index in [1.165, 1.54) is 12.8 Å². The standard InChI is InChI=1S/C16H19N3O2/c20-16(21)7-12-3-1-2-4-13(12)9-19-10-15(18-11-19)8-17-14-5-6-14/h1-4,10-11,14,17H,5-9H2,(H,20,21). The molecule has 2 aromatic rings. The molecule has 1 heterocycles. The Hall–Kier alpha value is -2.14. The maximum absolute atomic E-state index is 10.9. The average molecular weight is 285 g/mol. The molecule has 0 spiro atoms. The van der Waals surface area contributed by atoms with Crippen molar-refractivity contribution in [3.05, 3.63) is 53.6 Å². The Morgan fingerprint density at radius 2 is 2.10 bits per heavy atom. The summed E-state index contributed by atoms with van der Waals surface area (Å²) < 4.78 is 2.00. The first-order chi connectivity index (χ1) is 10.2. The van der Waals surface area contributed by atoms with Crippen LogP contribution in [0.4, 0.5) is 0 Å². The quantitative estimate of drug-likeness (QED) is 0.814. The van der Waals surface area contributed by atoms with Crippen LogP contribution in [0.5, 0.6) is 0 Å². The van der Waals surface area contributed by atoms with Crippen LogP contribution in [0.2, 0.25) is 0 Å². The molecule has 2 N–H and O–H groups in total. The number of benzene rings is 1. The molecule has 1 aliphatic rings. The number of aromatic nitrogens is 2. The van der Waals surface area contributed by atoms with Gasteiger partial charge in [-0.15, -0.1) is 0 Å². The zero-order valence-electron chi connectivity index (χ0n) is 11.8. The van der Waals surface area contributed by atoms with Crippen molar-refractivity contribution in [1.82, 2.24) is 14.9 Å². The molecule has 0 aliphatic heterocycles. The summed E-state index contributed by atoms with van der Waals surface area (Å²) in [6.07, 6.45) is 6.42.